The highest BCUT2D eigenvalue weighted by Crippen LogP contribution is 2.22. The van der Waals surface area contributed by atoms with Crippen molar-refractivity contribution in [3.63, 3.8) is 0 Å². The lowest BCUT2D eigenvalue weighted by molar-refractivity contribution is -0.113. The van der Waals surface area contributed by atoms with Gasteiger partial charge in [0.25, 0.3) is 5.91 Å². The van der Waals surface area contributed by atoms with Gasteiger partial charge in [-0.25, -0.2) is 4.39 Å². The molecule has 10 heteroatoms. The van der Waals surface area contributed by atoms with Gasteiger partial charge in [0, 0.05) is 6.04 Å². The number of carbonyl (C=O) groups excluding carboxylic acids is 2. The highest BCUT2D eigenvalue weighted by atomic mass is 32.2. The summed E-state index contributed by atoms with van der Waals surface area (Å²) < 4.78 is 14.9. The maximum absolute atomic E-state index is 13.5. The molecule has 8 nitrogen and oxygen atoms in total. The van der Waals surface area contributed by atoms with Gasteiger partial charge in [-0.2, -0.15) is 4.68 Å². The minimum absolute atomic E-state index is 0.0221. The Bertz CT molecular complexity index is 1080. The Labute approximate surface area is 182 Å². The Morgan fingerprint density at radius 3 is 2.74 bits per heavy atom. The standard InChI is InChI=1S/C21H21FN6O2S/c22-14-6-5-9-16(12-14)28-21(25-26-27-28)31-13-19(29)24-18-11-4-3-10-17(18)20(30)23-15-7-1-2-8-15/h3-6,9-12,15H,1-2,7-8,13H2,(H,23,30)(H,24,29). The molecule has 4 rings (SSSR count). The van der Waals surface area contributed by atoms with Crippen LogP contribution in [0.1, 0.15) is 36.0 Å². The first-order chi connectivity index (χ1) is 15.1. The average molecular weight is 441 g/mol. The second-order valence-electron chi connectivity index (χ2n) is 7.19. The third kappa shape index (κ3) is 5.26. The summed E-state index contributed by atoms with van der Waals surface area (Å²) in [5.41, 5.74) is 1.34. The highest BCUT2D eigenvalue weighted by Gasteiger charge is 2.20. The molecule has 1 aliphatic carbocycles. The van der Waals surface area contributed by atoms with E-state index >= 15 is 0 Å². The summed E-state index contributed by atoms with van der Waals surface area (Å²) >= 11 is 1.11. The molecule has 2 aromatic carbocycles. The molecular weight excluding hydrogens is 419 g/mol. The number of tetrazole rings is 1. The Morgan fingerprint density at radius 2 is 1.94 bits per heavy atom. The number of hydrogen-bond acceptors (Lipinski definition) is 6. The Balaban J connectivity index is 1.39. The molecule has 0 saturated heterocycles. The smallest absolute Gasteiger partial charge is 0.253 e. The van der Waals surface area contributed by atoms with E-state index in [1.807, 2.05) is 0 Å². The molecule has 1 saturated carbocycles. The summed E-state index contributed by atoms with van der Waals surface area (Å²) in [5.74, 6) is -0.881. The number of nitrogens with one attached hydrogen (secondary N) is 2. The van der Waals surface area contributed by atoms with Crippen LogP contribution in [-0.4, -0.2) is 43.8 Å². The minimum atomic E-state index is -0.408. The minimum Gasteiger partial charge on any atom is -0.349 e. The second kappa shape index (κ2) is 9.69. The third-order valence-corrected chi connectivity index (χ3v) is 5.88. The number of hydrogen-bond donors (Lipinski definition) is 2. The first kappa shape index (κ1) is 21.0. The third-order valence-electron chi connectivity index (χ3n) is 4.96. The van der Waals surface area contributed by atoms with Crippen LogP contribution >= 0.6 is 11.8 Å². The molecule has 2 amide bonds. The van der Waals surface area contributed by atoms with Gasteiger partial charge in [0.2, 0.25) is 11.1 Å². The van der Waals surface area contributed by atoms with Crippen LogP contribution < -0.4 is 10.6 Å². The quantitative estimate of drug-likeness (QED) is 0.547. The van der Waals surface area contributed by atoms with Crippen LogP contribution in [0.15, 0.2) is 53.7 Å². The van der Waals surface area contributed by atoms with Gasteiger partial charge in [-0.15, -0.1) is 5.10 Å². The molecule has 160 valence electrons. The van der Waals surface area contributed by atoms with Crippen molar-refractivity contribution in [2.24, 2.45) is 0 Å². The maximum atomic E-state index is 13.5. The fourth-order valence-electron chi connectivity index (χ4n) is 3.48. The van der Waals surface area contributed by atoms with Gasteiger partial charge in [-0.05, 0) is 53.6 Å². The van der Waals surface area contributed by atoms with Crippen LogP contribution in [0.2, 0.25) is 0 Å². The zero-order chi connectivity index (χ0) is 21.6. The predicted octanol–water partition coefficient (Wildman–Crippen LogP) is 3.20. The maximum Gasteiger partial charge on any atom is 0.253 e. The zero-order valence-corrected chi connectivity index (χ0v) is 17.4. The molecule has 1 aliphatic rings. The van der Waals surface area contributed by atoms with Crippen LogP contribution in [0, 0.1) is 5.82 Å². The number of benzene rings is 2. The summed E-state index contributed by atoms with van der Waals surface area (Å²) in [4.78, 5) is 25.2. The molecule has 1 aromatic heterocycles. The largest absolute Gasteiger partial charge is 0.349 e. The van der Waals surface area contributed by atoms with Crippen molar-refractivity contribution >= 4 is 29.3 Å². The number of amides is 2. The van der Waals surface area contributed by atoms with Crippen LogP contribution in [0.5, 0.6) is 0 Å². The van der Waals surface area contributed by atoms with Crippen molar-refractivity contribution in [2.75, 3.05) is 11.1 Å². The summed E-state index contributed by atoms with van der Waals surface area (Å²) in [6.07, 6.45) is 4.21. The molecule has 1 fully saturated rings. The SMILES string of the molecule is O=C(CSc1nnnn1-c1cccc(F)c1)Nc1ccccc1C(=O)NC1CCCC1. The van der Waals surface area contributed by atoms with Crippen molar-refractivity contribution in [3.05, 3.63) is 59.9 Å². The summed E-state index contributed by atoms with van der Waals surface area (Å²) in [6, 6.07) is 13.0. The first-order valence-electron chi connectivity index (χ1n) is 9.97. The van der Waals surface area contributed by atoms with Crippen molar-refractivity contribution in [1.29, 1.82) is 0 Å². The number of aromatic nitrogens is 4. The van der Waals surface area contributed by atoms with Crippen molar-refractivity contribution in [1.82, 2.24) is 25.5 Å². The molecule has 0 atom stereocenters. The van der Waals surface area contributed by atoms with Gasteiger partial charge in [-0.1, -0.05) is 42.8 Å². The van der Waals surface area contributed by atoms with Gasteiger partial charge in [0.1, 0.15) is 5.82 Å². The van der Waals surface area contributed by atoms with E-state index in [2.05, 4.69) is 26.2 Å². The fraction of sp³-hybridized carbons (Fsp3) is 0.286. The number of anilines is 1. The monoisotopic (exact) mass is 440 g/mol. The van der Waals surface area contributed by atoms with Crippen LogP contribution in [-0.2, 0) is 4.79 Å². The lowest BCUT2D eigenvalue weighted by Crippen LogP contribution is -2.33. The van der Waals surface area contributed by atoms with E-state index in [-0.39, 0.29) is 23.6 Å². The van der Waals surface area contributed by atoms with Gasteiger partial charge >= 0.3 is 0 Å². The molecule has 31 heavy (non-hydrogen) atoms. The van der Waals surface area contributed by atoms with Gasteiger partial charge in [0.05, 0.1) is 22.7 Å². The number of rotatable bonds is 7. The van der Waals surface area contributed by atoms with Gasteiger partial charge in [-0.3, -0.25) is 9.59 Å². The molecule has 0 aliphatic heterocycles. The Hall–Kier alpha value is -3.27. The summed E-state index contributed by atoms with van der Waals surface area (Å²) in [5, 5.41) is 17.6. The molecule has 2 N–H and O–H groups in total. The van der Waals surface area contributed by atoms with Crippen molar-refractivity contribution in [3.8, 4) is 5.69 Å². The van der Waals surface area contributed by atoms with Crippen molar-refractivity contribution in [2.45, 2.75) is 36.9 Å². The molecule has 0 unspecified atom stereocenters. The highest BCUT2D eigenvalue weighted by molar-refractivity contribution is 7.99. The fourth-order valence-corrected chi connectivity index (χ4v) is 4.17. The van der Waals surface area contributed by atoms with Gasteiger partial charge in [0.15, 0.2) is 0 Å². The predicted molar refractivity (Wildman–Crippen MR) is 115 cm³/mol. The van der Waals surface area contributed by atoms with E-state index in [1.54, 1.807) is 36.4 Å². The lowest BCUT2D eigenvalue weighted by atomic mass is 10.1. The number of halogens is 1. The zero-order valence-electron chi connectivity index (χ0n) is 16.6. The summed E-state index contributed by atoms with van der Waals surface area (Å²) in [7, 11) is 0. The van der Waals surface area contributed by atoms with E-state index in [9.17, 15) is 14.0 Å². The lowest BCUT2D eigenvalue weighted by Gasteiger charge is -2.15. The Kier molecular flexibility index (Phi) is 6.56. The van der Waals surface area contributed by atoms with Crippen LogP contribution in [0.25, 0.3) is 5.69 Å². The molecule has 0 bridgehead atoms. The van der Waals surface area contributed by atoms with Crippen LogP contribution in [0.4, 0.5) is 10.1 Å². The number of para-hydroxylation sites is 1. The molecule has 3 aromatic rings. The molecule has 1 heterocycles. The van der Waals surface area contributed by atoms with E-state index < -0.39 is 5.82 Å². The number of thioether (sulfide) groups is 1. The molecule has 0 spiro atoms. The number of carbonyl (C=O) groups is 2. The Morgan fingerprint density at radius 1 is 1.13 bits per heavy atom. The molecular formula is C21H21FN6O2S. The van der Waals surface area contributed by atoms with E-state index in [0.29, 0.717) is 22.1 Å². The van der Waals surface area contributed by atoms with E-state index in [4.69, 9.17) is 0 Å². The van der Waals surface area contributed by atoms with Crippen LogP contribution in [0.3, 0.4) is 0 Å². The second-order valence-corrected chi connectivity index (χ2v) is 8.13. The van der Waals surface area contributed by atoms with E-state index in [1.165, 1.54) is 16.8 Å². The van der Waals surface area contributed by atoms with Gasteiger partial charge < -0.3 is 10.6 Å². The first-order valence-corrected chi connectivity index (χ1v) is 11.0. The summed E-state index contributed by atoms with van der Waals surface area (Å²) in [6.45, 7) is 0. The normalized spacial score (nSPS) is 13.8. The topological polar surface area (TPSA) is 102 Å². The molecule has 0 radical (unpaired) electrons. The van der Waals surface area contributed by atoms with Crippen molar-refractivity contribution < 1.29 is 14.0 Å². The average Bonchev–Trinajstić information content (AvgIpc) is 3.44. The number of nitrogens with zero attached hydrogens (tertiary/aromatic N) is 4. The van der Waals surface area contributed by atoms with E-state index in [0.717, 1.165) is 37.4 Å².